The lowest BCUT2D eigenvalue weighted by Crippen LogP contribution is -2.21. The molecule has 2 aromatic rings. The summed E-state index contributed by atoms with van der Waals surface area (Å²) < 4.78 is 5.92. The first-order valence-electron chi connectivity index (χ1n) is 10.1. The van der Waals surface area contributed by atoms with Gasteiger partial charge in [0.25, 0.3) is 0 Å². The molecule has 3 rings (SSSR count). The highest BCUT2D eigenvalue weighted by atomic mass is 16.5. The number of nitrogens with two attached hydrogens (primary N) is 2. The Labute approximate surface area is 171 Å². The van der Waals surface area contributed by atoms with E-state index in [4.69, 9.17) is 15.6 Å². The Bertz CT molecular complexity index is 685. The highest BCUT2D eigenvalue weighted by molar-refractivity contribution is 5.65. The molecule has 1 atom stereocenters. The average molecular weight is 389 g/mol. The van der Waals surface area contributed by atoms with Crippen molar-refractivity contribution in [3.8, 4) is 5.75 Å². The molecule has 0 aromatic heterocycles. The van der Waals surface area contributed by atoms with Crippen molar-refractivity contribution in [3.05, 3.63) is 58.1 Å². The van der Waals surface area contributed by atoms with Crippen LogP contribution in [0.5, 0.6) is 5.75 Å². The summed E-state index contributed by atoms with van der Waals surface area (Å²) in [6.45, 7) is 10.6. The molecule has 158 valence electrons. The van der Waals surface area contributed by atoms with Crippen molar-refractivity contribution >= 4 is 5.69 Å². The van der Waals surface area contributed by atoms with Gasteiger partial charge in [0, 0.05) is 12.8 Å². The Balaban J connectivity index is 0.000000481. The molecule has 1 heterocycles. The zero-order chi connectivity index (χ0) is 21.7. The summed E-state index contributed by atoms with van der Waals surface area (Å²) in [5.41, 5.74) is 17.9. The van der Waals surface area contributed by atoms with Crippen LogP contribution in [-0.2, 0) is 12.8 Å². The molecule has 0 saturated carbocycles. The van der Waals surface area contributed by atoms with Crippen LogP contribution in [0, 0.1) is 20.8 Å². The fourth-order valence-corrected chi connectivity index (χ4v) is 3.21. The van der Waals surface area contributed by atoms with E-state index < -0.39 is 0 Å². The SMILES string of the molecule is CCCc1ccccc1.CN.CO.Cc1c(C)c2c(c(C)c1N)CCC(C)O2. The van der Waals surface area contributed by atoms with Crippen LogP contribution in [0.25, 0.3) is 0 Å². The van der Waals surface area contributed by atoms with E-state index in [0.717, 1.165) is 31.4 Å². The Hall–Kier alpha value is -2.04. The first-order valence-corrected chi connectivity index (χ1v) is 10.1. The Morgan fingerprint density at radius 2 is 1.57 bits per heavy atom. The molecule has 0 aliphatic carbocycles. The van der Waals surface area contributed by atoms with Gasteiger partial charge in [0.15, 0.2) is 0 Å². The van der Waals surface area contributed by atoms with Crippen LogP contribution in [0.3, 0.4) is 0 Å². The van der Waals surface area contributed by atoms with Crippen LogP contribution in [0.1, 0.15) is 54.5 Å². The van der Waals surface area contributed by atoms with Gasteiger partial charge in [-0.3, -0.25) is 0 Å². The Morgan fingerprint density at radius 1 is 1.00 bits per heavy atom. The molecule has 0 bridgehead atoms. The zero-order valence-electron chi connectivity index (χ0n) is 18.8. The fourth-order valence-electron chi connectivity index (χ4n) is 3.21. The number of aliphatic hydroxyl groups is 1. The van der Waals surface area contributed by atoms with Crippen molar-refractivity contribution < 1.29 is 9.84 Å². The van der Waals surface area contributed by atoms with Crippen molar-refractivity contribution in [3.63, 3.8) is 0 Å². The summed E-state index contributed by atoms with van der Waals surface area (Å²) in [6, 6.07) is 10.6. The van der Waals surface area contributed by atoms with E-state index in [-0.39, 0.29) is 0 Å². The number of aliphatic hydroxyl groups excluding tert-OH is 1. The number of nitrogen functional groups attached to an aromatic ring is 1. The minimum absolute atomic E-state index is 0.332. The molecule has 0 fully saturated rings. The molecule has 0 radical (unpaired) electrons. The molecule has 0 amide bonds. The minimum atomic E-state index is 0.332. The maximum Gasteiger partial charge on any atom is 0.126 e. The van der Waals surface area contributed by atoms with Crippen LogP contribution in [-0.4, -0.2) is 25.4 Å². The summed E-state index contributed by atoms with van der Waals surface area (Å²) >= 11 is 0. The third-order valence-corrected chi connectivity index (χ3v) is 4.94. The number of anilines is 1. The molecular weight excluding hydrogens is 348 g/mol. The summed E-state index contributed by atoms with van der Waals surface area (Å²) in [7, 11) is 2.50. The van der Waals surface area contributed by atoms with Crippen LogP contribution in [0.4, 0.5) is 5.69 Å². The van der Waals surface area contributed by atoms with E-state index in [9.17, 15) is 0 Å². The minimum Gasteiger partial charge on any atom is -0.490 e. The van der Waals surface area contributed by atoms with Gasteiger partial charge in [0.2, 0.25) is 0 Å². The predicted molar refractivity (Wildman–Crippen MR) is 122 cm³/mol. The van der Waals surface area contributed by atoms with E-state index in [0.29, 0.717) is 6.10 Å². The topological polar surface area (TPSA) is 81.5 Å². The van der Waals surface area contributed by atoms with Crippen molar-refractivity contribution in [2.75, 3.05) is 19.9 Å². The standard InChI is InChI=1S/C13H19NO.C9H12.CH5N.CH4O/c1-7-5-6-11-10(4)12(14)8(2)9(3)13(11)15-7;1-2-6-9-7-4-3-5-8-9;2*1-2/h7H,5-6,14H2,1-4H3;3-5,7-8H,2,6H2,1H3;2H2,1H3;2H,1H3. The second-order valence-electron chi connectivity index (χ2n) is 6.80. The second-order valence-corrected chi connectivity index (χ2v) is 6.80. The van der Waals surface area contributed by atoms with Gasteiger partial charge in [-0.1, -0.05) is 43.7 Å². The third-order valence-electron chi connectivity index (χ3n) is 4.94. The maximum absolute atomic E-state index is 7.00. The van der Waals surface area contributed by atoms with E-state index in [1.54, 1.807) is 0 Å². The zero-order valence-corrected chi connectivity index (χ0v) is 18.8. The largest absolute Gasteiger partial charge is 0.490 e. The molecule has 1 aliphatic heterocycles. The third kappa shape index (κ3) is 7.17. The molecule has 0 spiro atoms. The Kier molecular flexibility index (Phi) is 13.0. The molecule has 28 heavy (non-hydrogen) atoms. The highest BCUT2D eigenvalue weighted by Crippen LogP contribution is 2.38. The van der Waals surface area contributed by atoms with Crippen molar-refractivity contribution in [1.29, 1.82) is 0 Å². The van der Waals surface area contributed by atoms with Gasteiger partial charge in [-0.05, 0) is 81.8 Å². The molecule has 4 nitrogen and oxygen atoms in total. The number of aryl methyl sites for hydroxylation is 1. The molecule has 1 unspecified atom stereocenters. The van der Waals surface area contributed by atoms with Crippen LogP contribution in [0.2, 0.25) is 0 Å². The van der Waals surface area contributed by atoms with Gasteiger partial charge < -0.3 is 21.3 Å². The monoisotopic (exact) mass is 388 g/mol. The fraction of sp³-hybridized carbons (Fsp3) is 0.500. The van der Waals surface area contributed by atoms with Crippen LogP contribution < -0.4 is 16.2 Å². The lowest BCUT2D eigenvalue weighted by Gasteiger charge is -2.28. The van der Waals surface area contributed by atoms with E-state index in [1.165, 1.54) is 47.7 Å². The average Bonchev–Trinajstić information content (AvgIpc) is 2.75. The lowest BCUT2D eigenvalue weighted by atomic mass is 9.91. The van der Waals surface area contributed by atoms with Gasteiger partial charge in [-0.25, -0.2) is 0 Å². The van der Waals surface area contributed by atoms with Gasteiger partial charge in [-0.2, -0.15) is 0 Å². The molecule has 5 N–H and O–H groups in total. The summed E-state index contributed by atoms with van der Waals surface area (Å²) in [5.74, 6) is 1.08. The lowest BCUT2D eigenvalue weighted by molar-refractivity contribution is 0.190. The molecule has 1 aliphatic rings. The summed E-state index contributed by atoms with van der Waals surface area (Å²) in [6.07, 6.45) is 4.97. The number of ether oxygens (including phenoxy) is 1. The van der Waals surface area contributed by atoms with E-state index in [2.05, 4.69) is 70.7 Å². The predicted octanol–water partition coefficient (Wildman–Crippen LogP) is 4.73. The van der Waals surface area contributed by atoms with Gasteiger partial charge in [0.1, 0.15) is 5.75 Å². The van der Waals surface area contributed by atoms with Crippen LogP contribution in [0.15, 0.2) is 30.3 Å². The van der Waals surface area contributed by atoms with Gasteiger partial charge in [-0.15, -0.1) is 0 Å². The summed E-state index contributed by atoms with van der Waals surface area (Å²) in [4.78, 5) is 0. The Morgan fingerprint density at radius 3 is 2.11 bits per heavy atom. The molecule has 0 saturated heterocycles. The van der Waals surface area contributed by atoms with Crippen molar-refractivity contribution in [2.45, 2.75) is 66.4 Å². The number of hydrogen-bond donors (Lipinski definition) is 3. The number of hydrogen-bond acceptors (Lipinski definition) is 4. The van der Waals surface area contributed by atoms with Crippen LogP contribution >= 0.6 is 0 Å². The van der Waals surface area contributed by atoms with E-state index in [1.807, 2.05) is 0 Å². The van der Waals surface area contributed by atoms with Crippen molar-refractivity contribution in [2.24, 2.45) is 5.73 Å². The van der Waals surface area contributed by atoms with Gasteiger partial charge >= 0.3 is 0 Å². The first kappa shape index (κ1) is 26.0. The quantitative estimate of drug-likeness (QED) is 0.650. The number of rotatable bonds is 2. The maximum atomic E-state index is 7.00. The normalized spacial score (nSPS) is 14.0. The van der Waals surface area contributed by atoms with E-state index >= 15 is 0 Å². The highest BCUT2D eigenvalue weighted by Gasteiger charge is 2.22. The molecule has 2 aromatic carbocycles. The molecular formula is C24H40N2O2. The second kappa shape index (κ2) is 14.0. The number of fused-ring (bicyclic) bond motifs is 1. The first-order chi connectivity index (χ1) is 13.5. The van der Waals surface area contributed by atoms with Crippen molar-refractivity contribution in [1.82, 2.24) is 0 Å². The van der Waals surface area contributed by atoms with Gasteiger partial charge in [0.05, 0.1) is 6.10 Å². The summed E-state index contributed by atoms with van der Waals surface area (Å²) in [5, 5.41) is 7.00. The number of benzene rings is 2. The molecule has 4 heteroatoms. The smallest absolute Gasteiger partial charge is 0.126 e.